The van der Waals surface area contributed by atoms with Crippen LogP contribution in [0, 0.1) is 11.7 Å². The summed E-state index contributed by atoms with van der Waals surface area (Å²) in [6, 6.07) is 4.91. The Hall–Kier alpha value is -2.68. The summed E-state index contributed by atoms with van der Waals surface area (Å²) in [6.45, 7) is 1.77. The van der Waals surface area contributed by atoms with Gasteiger partial charge in [0.05, 0.1) is 13.3 Å². The van der Waals surface area contributed by atoms with E-state index in [-0.39, 0.29) is 17.9 Å². The number of halogens is 1. The lowest BCUT2D eigenvalue weighted by molar-refractivity contribution is 0.312. The van der Waals surface area contributed by atoms with Crippen LogP contribution in [0.1, 0.15) is 44.9 Å². The largest absolute Gasteiger partial charge is 0.494 e. The SMILES string of the molecule is COc1ccc(N(c2nc(N)nc(NCC3CCCCC3)n2)C2CCCN2C)cc1F. The van der Waals surface area contributed by atoms with E-state index in [0.29, 0.717) is 23.5 Å². The number of nitrogens with two attached hydrogens (primary N) is 1. The Morgan fingerprint density at radius 1 is 1.16 bits per heavy atom. The van der Waals surface area contributed by atoms with E-state index in [9.17, 15) is 4.39 Å². The Labute approximate surface area is 183 Å². The standard InChI is InChI=1S/C22H32FN7O/c1-29-12-6-9-19(29)30(16-10-11-18(31-2)17(23)13-16)22-27-20(24)26-21(28-22)25-14-15-7-4-3-5-8-15/h10-11,13,15,19H,3-9,12,14H2,1-2H3,(H3,24,25,26,27,28). The van der Waals surface area contributed by atoms with Crippen molar-refractivity contribution < 1.29 is 9.13 Å². The summed E-state index contributed by atoms with van der Waals surface area (Å²) in [5.74, 6) is 1.44. The molecule has 1 saturated heterocycles. The fourth-order valence-corrected chi connectivity index (χ4v) is 4.64. The van der Waals surface area contributed by atoms with E-state index in [2.05, 4.69) is 32.2 Å². The van der Waals surface area contributed by atoms with Crippen LogP contribution in [0.4, 0.5) is 27.9 Å². The molecule has 0 amide bonds. The van der Waals surface area contributed by atoms with Crippen LogP contribution in [-0.2, 0) is 0 Å². The van der Waals surface area contributed by atoms with Crippen LogP contribution in [0.2, 0.25) is 0 Å². The highest BCUT2D eigenvalue weighted by atomic mass is 19.1. The van der Waals surface area contributed by atoms with Gasteiger partial charge < -0.3 is 15.8 Å². The fourth-order valence-electron chi connectivity index (χ4n) is 4.64. The number of nitrogens with one attached hydrogen (secondary N) is 1. The predicted octanol–water partition coefficient (Wildman–Crippen LogP) is 3.78. The first-order valence-electron chi connectivity index (χ1n) is 11.1. The van der Waals surface area contributed by atoms with Crippen molar-refractivity contribution >= 4 is 23.5 Å². The lowest BCUT2D eigenvalue weighted by Crippen LogP contribution is -2.41. The molecule has 2 heterocycles. The van der Waals surface area contributed by atoms with Gasteiger partial charge in [0.1, 0.15) is 0 Å². The lowest BCUT2D eigenvalue weighted by Gasteiger charge is -2.33. The molecular formula is C22H32FN7O. The average molecular weight is 430 g/mol. The van der Waals surface area contributed by atoms with Crippen LogP contribution in [0.5, 0.6) is 5.75 Å². The highest BCUT2D eigenvalue weighted by Crippen LogP contribution is 2.34. The lowest BCUT2D eigenvalue weighted by atomic mass is 9.89. The number of hydrogen-bond donors (Lipinski definition) is 2. The molecular weight excluding hydrogens is 397 g/mol. The zero-order chi connectivity index (χ0) is 21.8. The van der Waals surface area contributed by atoms with Gasteiger partial charge >= 0.3 is 0 Å². The van der Waals surface area contributed by atoms with E-state index in [1.807, 2.05) is 11.0 Å². The van der Waals surface area contributed by atoms with Gasteiger partial charge in [0.25, 0.3) is 0 Å². The van der Waals surface area contributed by atoms with Crippen molar-refractivity contribution in [1.82, 2.24) is 19.9 Å². The number of anilines is 4. The summed E-state index contributed by atoms with van der Waals surface area (Å²) in [4.78, 5) is 17.6. The summed E-state index contributed by atoms with van der Waals surface area (Å²) in [7, 11) is 3.51. The number of benzene rings is 1. The number of hydrogen-bond acceptors (Lipinski definition) is 8. The Balaban J connectivity index is 1.64. The van der Waals surface area contributed by atoms with Gasteiger partial charge in [0, 0.05) is 18.3 Å². The maximum Gasteiger partial charge on any atom is 0.237 e. The van der Waals surface area contributed by atoms with Crippen molar-refractivity contribution in [3.63, 3.8) is 0 Å². The van der Waals surface area contributed by atoms with Crippen molar-refractivity contribution in [2.45, 2.75) is 51.1 Å². The quantitative estimate of drug-likeness (QED) is 0.687. The van der Waals surface area contributed by atoms with Crippen molar-refractivity contribution in [3.05, 3.63) is 24.0 Å². The van der Waals surface area contributed by atoms with Crippen molar-refractivity contribution in [3.8, 4) is 5.75 Å². The van der Waals surface area contributed by atoms with E-state index >= 15 is 0 Å². The third kappa shape index (κ3) is 4.98. The smallest absolute Gasteiger partial charge is 0.237 e. The second-order valence-corrected chi connectivity index (χ2v) is 8.49. The molecule has 1 unspecified atom stereocenters. The number of aromatic nitrogens is 3. The normalized spacial score (nSPS) is 20.0. The molecule has 2 fully saturated rings. The minimum absolute atomic E-state index is 0.000731. The van der Waals surface area contributed by atoms with Gasteiger partial charge in [-0.2, -0.15) is 15.0 Å². The molecule has 1 aromatic carbocycles. The number of ether oxygens (including phenoxy) is 1. The van der Waals surface area contributed by atoms with Crippen molar-refractivity contribution in [1.29, 1.82) is 0 Å². The van der Waals surface area contributed by atoms with E-state index < -0.39 is 5.82 Å². The molecule has 0 bridgehead atoms. The second kappa shape index (κ2) is 9.64. The first-order chi connectivity index (χ1) is 15.0. The summed E-state index contributed by atoms with van der Waals surface area (Å²) in [5.41, 5.74) is 6.71. The Bertz CT molecular complexity index is 890. The molecule has 1 aliphatic carbocycles. The highest BCUT2D eigenvalue weighted by molar-refractivity contribution is 5.61. The van der Waals surface area contributed by atoms with Crippen LogP contribution in [0.25, 0.3) is 0 Å². The van der Waals surface area contributed by atoms with Gasteiger partial charge in [-0.05, 0) is 57.3 Å². The van der Waals surface area contributed by atoms with Gasteiger partial charge in [-0.3, -0.25) is 9.80 Å². The Morgan fingerprint density at radius 3 is 2.65 bits per heavy atom. The zero-order valence-electron chi connectivity index (χ0n) is 18.4. The Morgan fingerprint density at radius 2 is 1.97 bits per heavy atom. The minimum atomic E-state index is -0.427. The van der Waals surface area contributed by atoms with Crippen LogP contribution < -0.4 is 20.7 Å². The average Bonchev–Trinajstić information content (AvgIpc) is 3.18. The molecule has 4 rings (SSSR count). The molecule has 1 atom stereocenters. The highest BCUT2D eigenvalue weighted by Gasteiger charge is 2.31. The molecule has 9 heteroatoms. The number of rotatable bonds is 7. The zero-order valence-corrected chi connectivity index (χ0v) is 18.4. The summed E-state index contributed by atoms with van der Waals surface area (Å²) < 4.78 is 19.6. The molecule has 3 N–H and O–H groups in total. The summed E-state index contributed by atoms with van der Waals surface area (Å²) in [6.07, 6.45) is 8.30. The van der Waals surface area contributed by atoms with Crippen LogP contribution in [0.3, 0.4) is 0 Å². The van der Waals surface area contributed by atoms with Gasteiger partial charge in [-0.25, -0.2) is 4.39 Å². The molecule has 1 aromatic heterocycles. The number of nitrogens with zero attached hydrogens (tertiary/aromatic N) is 5. The van der Waals surface area contributed by atoms with Crippen molar-refractivity contribution in [2.24, 2.45) is 5.92 Å². The Kier molecular flexibility index (Phi) is 6.70. The molecule has 168 valence electrons. The van der Waals surface area contributed by atoms with Gasteiger partial charge in [0.2, 0.25) is 17.8 Å². The monoisotopic (exact) mass is 429 g/mol. The van der Waals surface area contributed by atoms with Gasteiger partial charge in [-0.1, -0.05) is 19.3 Å². The first-order valence-corrected chi connectivity index (χ1v) is 11.1. The van der Waals surface area contributed by atoms with Gasteiger partial charge in [0.15, 0.2) is 11.6 Å². The maximum absolute atomic E-state index is 14.5. The topological polar surface area (TPSA) is 92.4 Å². The minimum Gasteiger partial charge on any atom is -0.494 e. The van der Waals surface area contributed by atoms with Gasteiger partial charge in [-0.15, -0.1) is 0 Å². The molecule has 2 aliphatic rings. The molecule has 0 radical (unpaired) electrons. The molecule has 8 nitrogen and oxygen atoms in total. The van der Waals surface area contributed by atoms with E-state index in [4.69, 9.17) is 10.5 Å². The molecule has 1 aliphatic heterocycles. The summed E-state index contributed by atoms with van der Waals surface area (Å²) in [5, 5.41) is 3.36. The van der Waals surface area contributed by atoms with Crippen LogP contribution >= 0.6 is 0 Å². The summed E-state index contributed by atoms with van der Waals surface area (Å²) >= 11 is 0. The van der Waals surface area contributed by atoms with E-state index in [1.54, 1.807) is 6.07 Å². The van der Waals surface area contributed by atoms with E-state index in [1.165, 1.54) is 45.3 Å². The number of likely N-dealkylation sites (tertiary alicyclic amines) is 1. The third-order valence-electron chi connectivity index (χ3n) is 6.32. The first kappa shape index (κ1) is 21.5. The van der Waals surface area contributed by atoms with E-state index in [0.717, 1.165) is 25.9 Å². The second-order valence-electron chi connectivity index (χ2n) is 8.49. The van der Waals surface area contributed by atoms with Crippen molar-refractivity contribution in [2.75, 3.05) is 43.2 Å². The number of nitrogen functional groups attached to an aromatic ring is 1. The third-order valence-corrected chi connectivity index (χ3v) is 6.32. The van der Waals surface area contributed by atoms with Crippen LogP contribution in [0.15, 0.2) is 18.2 Å². The molecule has 1 saturated carbocycles. The molecule has 31 heavy (non-hydrogen) atoms. The fraction of sp³-hybridized carbons (Fsp3) is 0.591. The molecule has 0 spiro atoms. The predicted molar refractivity (Wildman–Crippen MR) is 120 cm³/mol. The number of methoxy groups -OCH3 is 1. The maximum atomic E-state index is 14.5. The van der Waals surface area contributed by atoms with Crippen LogP contribution in [-0.4, -0.2) is 53.3 Å². The molecule has 2 aromatic rings.